The van der Waals surface area contributed by atoms with Crippen molar-refractivity contribution in [3.8, 4) is 11.8 Å². The standard InChI is InChI=1S/C13H14N2O4/c1-9-10(5-4-6-14-2)7-11(15(17)18)8-12(9)13(16)19-3/h7-8,14H,6H2,1-3H3. The van der Waals surface area contributed by atoms with Gasteiger partial charge in [-0.05, 0) is 19.5 Å². The number of nitro groups is 1. The van der Waals surface area contributed by atoms with Gasteiger partial charge in [0.05, 0.1) is 24.1 Å². The third-order valence-electron chi connectivity index (χ3n) is 2.50. The first-order valence-corrected chi connectivity index (χ1v) is 5.52. The molecule has 1 aromatic carbocycles. The van der Waals surface area contributed by atoms with Crippen LogP contribution in [0.15, 0.2) is 12.1 Å². The van der Waals surface area contributed by atoms with Gasteiger partial charge in [0.15, 0.2) is 0 Å². The minimum atomic E-state index is -0.613. The van der Waals surface area contributed by atoms with Gasteiger partial charge < -0.3 is 10.1 Å². The third kappa shape index (κ3) is 3.53. The molecule has 0 aliphatic carbocycles. The van der Waals surface area contributed by atoms with Gasteiger partial charge in [-0.25, -0.2) is 4.79 Å². The van der Waals surface area contributed by atoms with Gasteiger partial charge in [-0.1, -0.05) is 11.8 Å². The number of non-ortho nitro benzene ring substituents is 1. The maximum Gasteiger partial charge on any atom is 0.338 e. The van der Waals surface area contributed by atoms with Crippen LogP contribution < -0.4 is 5.32 Å². The molecule has 100 valence electrons. The SMILES string of the molecule is CNCC#Cc1cc([N+](=O)[O-])cc(C(=O)OC)c1C. The molecule has 0 aliphatic rings. The van der Waals surface area contributed by atoms with Crippen molar-refractivity contribution in [2.75, 3.05) is 20.7 Å². The first kappa shape index (κ1) is 14.7. The first-order valence-electron chi connectivity index (χ1n) is 5.52. The average molecular weight is 262 g/mol. The number of nitro benzene ring substituents is 1. The Kier molecular flexibility index (Phi) is 5.03. The molecule has 0 saturated heterocycles. The molecule has 1 aromatic rings. The molecular weight excluding hydrogens is 248 g/mol. The molecule has 19 heavy (non-hydrogen) atoms. The largest absolute Gasteiger partial charge is 0.465 e. The predicted molar refractivity (Wildman–Crippen MR) is 70.0 cm³/mol. The van der Waals surface area contributed by atoms with Gasteiger partial charge in [-0.2, -0.15) is 0 Å². The molecule has 0 heterocycles. The van der Waals surface area contributed by atoms with Gasteiger partial charge in [0, 0.05) is 17.7 Å². The monoisotopic (exact) mass is 262 g/mol. The first-order chi connectivity index (χ1) is 9.01. The molecule has 0 radical (unpaired) electrons. The Bertz CT molecular complexity index is 570. The van der Waals surface area contributed by atoms with Crippen LogP contribution in [-0.2, 0) is 4.74 Å². The summed E-state index contributed by atoms with van der Waals surface area (Å²) in [5.41, 5.74) is 0.996. The van der Waals surface area contributed by atoms with E-state index in [0.29, 0.717) is 17.7 Å². The summed E-state index contributed by atoms with van der Waals surface area (Å²) < 4.78 is 4.61. The molecule has 0 unspecified atom stereocenters. The molecule has 0 fully saturated rings. The summed E-state index contributed by atoms with van der Waals surface area (Å²) in [6, 6.07) is 2.55. The van der Waals surface area contributed by atoms with Gasteiger partial charge in [-0.3, -0.25) is 10.1 Å². The molecule has 0 aliphatic heterocycles. The Balaban J connectivity index is 3.38. The quantitative estimate of drug-likeness (QED) is 0.384. The van der Waals surface area contributed by atoms with E-state index < -0.39 is 10.9 Å². The van der Waals surface area contributed by atoms with E-state index in [1.165, 1.54) is 19.2 Å². The summed E-state index contributed by atoms with van der Waals surface area (Å²) in [6.07, 6.45) is 0. The molecule has 0 saturated carbocycles. The molecule has 0 bridgehead atoms. The second kappa shape index (κ2) is 6.52. The molecule has 6 nitrogen and oxygen atoms in total. The van der Waals surface area contributed by atoms with Crippen molar-refractivity contribution in [1.82, 2.24) is 5.32 Å². The summed E-state index contributed by atoms with van der Waals surface area (Å²) in [6.45, 7) is 2.13. The number of rotatable bonds is 3. The highest BCUT2D eigenvalue weighted by atomic mass is 16.6. The third-order valence-corrected chi connectivity index (χ3v) is 2.50. The van der Waals surface area contributed by atoms with Gasteiger partial charge in [-0.15, -0.1) is 0 Å². The van der Waals surface area contributed by atoms with Crippen LogP contribution in [0.25, 0.3) is 0 Å². The lowest BCUT2D eigenvalue weighted by Crippen LogP contribution is -2.07. The zero-order valence-electron chi connectivity index (χ0n) is 10.9. The maximum atomic E-state index is 11.6. The number of carbonyl (C=O) groups excluding carboxylic acids is 1. The van der Waals surface area contributed by atoms with Gasteiger partial charge >= 0.3 is 5.97 Å². The van der Waals surface area contributed by atoms with Crippen LogP contribution in [0.2, 0.25) is 0 Å². The fraction of sp³-hybridized carbons (Fsp3) is 0.308. The zero-order chi connectivity index (χ0) is 14.4. The zero-order valence-corrected chi connectivity index (χ0v) is 10.9. The maximum absolute atomic E-state index is 11.6. The van der Waals surface area contributed by atoms with Gasteiger partial charge in [0.2, 0.25) is 0 Å². The molecule has 0 aromatic heterocycles. The second-order valence-corrected chi connectivity index (χ2v) is 3.75. The Morgan fingerprint density at radius 1 is 1.53 bits per heavy atom. The normalized spacial score (nSPS) is 9.42. The highest BCUT2D eigenvalue weighted by Crippen LogP contribution is 2.22. The number of carbonyl (C=O) groups is 1. The lowest BCUT2D eigenvalue weighted by atomic mass is 10.0. The van der Waals surface area contributed by atoms with Crippen LogP contribution >= 0.6 is 0 Å². The van der Waals surface area contributed by atoms with E-state index >= 15 is 0 Å². The Labute approximate surface area is 110 Å². The van der Waals surface area contributed by atoms with Crippen molar-refractivity contribution in [1.29, 1.82) is 0 Å². The van der Waals surface area contributed by atoms with Gasteiger partial charge in [0.1, 0.15) is 0 Å². The van der Waals surface area contributed by atoms with Crippen LogP contribution in [0.3, 0.4) is 0 Å². The molecule has 0 spiro atoms. The van der Waals surface area contributed by atoms with Crippen molar-refractivity contribution in [3.63, 3.8) is 0 Å². The lowest BCUT2D eigenvalue weighted by molar-refractivity contribution is -0.384. The molecule has 6 heteroatoms. The van der Waals surface area contributed by atoms with E-state index in [1.54, 1.807) is 14.0 Å². The van der Waals surface area contributed by atoms with Crippen molar-refractivity contribution in [2.24, 2.45) is 0 Å². The van der Waals surface area contributed by atoms with Crippen LogP contribution in [0.1, 0.15) is 21.5 Å². The van der Waals surface area contributed by atoms with E-state index in [4.69, 9.17) is 0 Å². The summed E-state index contributed by atoms with van der Waals surface area (Å²) in [5.74, 6) is 5.00. The number of nitrogens with one attached hydrogen (secondary N) is 1. The number of benzene rings is 1. The van der Waals surface area contributed by atoms with Crippen molar-refractivity contribution in [3.05, 3.63) is 38.9 Å². The summed E-state index contributed by atoms with van der Waals surface area (Å²) >= 11 is 0. The van der Waals surface area contributed by atoms with Crippen LogP contribution in [0.5, 0.6) is 0 Å². The molecular formula is C13H14N2O4. The number of hydrogen-bond acceptors (Lipinski definition) is 5. The Morgan fingerprint density at radius 2 is 2.21 bits per heavy atom. The number of nitrogens with zero attached hydrogens (tertiary/aromatic N) is 1. The summed E-state index contributed by atoms with van der Waals surface area (Å²) in [5, 5.41) is 13.7. The molecule has 1 N–H and O–H groups in total. The van der Waals surface area contributed by atoms with E-state index in [2.05, 4.69) is 21.9 Å². The van der Waals surface area contributed by atoms with Crippen molar-refractivity contribution in [2.45, 2.75) is 6.92 Å². The average Bonchev–Trinajstić information content (AvgIpc) is 2.39. The van der Waals surface area contributed by atoms with E-state index in [9.17, 15) is 14.9 Å². The Hall–Kier alpha value is -2.39. The predicted octanol–water partition coefficient (Wildman–Crippen LogP) is 1.26. The van der Waals surface area contributed by atoms with Crippen molar-refractivity contribution < 1.29 is 14.5 Å². The molecule has 0 amide bonds. The number of esters is 1. The highest BCUT2D eigenvalue weighted by molar-refractivity contribution is 5.92. The van der Waals surface area contributed by atoms with Gasteiger partial charge in [0.25, 0.3) is 5.69 Å². The topological polar surface area (TPSA) is 81.5 Å². The fourth-order valence-electron chi connectivity index (χ4n) is 1.48. The fourth-order valence-corrected chi connectivity index (χ4v) is 1.48. The van der Waals surface area contributed by atoms with Crippen LogP contribution in [0, 0.1) is 28.9 Å². The molecule has 1 rings (SSSR count). The van der Waals surface area contributed by atoms with Crippen LogP contribution in [0.4, 0.5) is 5.69 Å². The minimum absolute atomic E-state index is 0.158. The van der Waals surface area contributed by atoms with Crippen molar-refractivity contribution >= 4 is 11.7 Å². The Morgan fingerprint density at radius 3 is 2.74 bits per heavy atom. The van der Waals surface area contributed by atoms with E-state index in [-0.39, 0.29) is 11.3 Å². The molecule has 0 atom stereocenters. The summed E-state index contributed by atoms with van der Waals surface area (Å²) in [4.78, 5) is 21.9. The van der Waals surface area contributed by atoms with E-state index in [1.807, 2.05) is 0 Å². The summed E-state index contributed by atoms with van der Waals surface area (Å²) in [7, 11) is 2.97. The van der Waals surface area contributed by atoms with Crippen LogP contribution in [-0.4, -0.2) is 31.6 Å². The number of hydrogen-bond donors (Lipinski definition) is 1. The second-order valence-electron chi connectivity index (χ2n) is 3.75. The number of methoxy groups -OCH3 is 1. The smallest absolute Gasteiger partial charge is 0.338 e. The minimum Gasteiger partial charge on any atom is -0.465 e. The number of ether oxygens (including phenoxy) is 1. The lowest BCUT2D eigenvalue weighted by Gasteiger charge is -2.06. The van der Waals surface area contributed by atoms with E-state index in [0.717, 1.165) is 0 Å². The highest BCUT2D eigenvalue weighted by Gasteiger charge is 2.18.